The van der Waals surface area contributed by atoms with Crippen LogP contribution in [0.4, 0.5) is 0 Å². The predicted molar refractivity (Wildman–Crippen MR) is 43.5 cm³/mol. The van der Waals surface area contributed by atoms with E-state index in [2.05, 4.69) is 22.6 Å². The summed E-state index contributed by atoms with van der Waals surface area (Å²) in [5, 5.41) is 0. The van der Waals surface area contributed by atoms with E-state index >= 15 is 0 Å². The Morgan fingerprint density at radius 1 is 1.33 bits per heavy atom. The van der Waals surface area contributed by atoms with Gasteiger partial charge in [-0.3, -0.25) is 0 Å². The van der Waals surface area contributed by atoms with Crippen LogP contribution in [-0.2, 0) is 9.47 Å². The van der Waals surface area contributed by atoms with Crippen LogP contribution in [0.1, 0.15) is 20.8 Å². The summed E-state index contributed by atoms with van der Waals surface area (Å²) >= 11 is 2.24. The summed E-state index contributed by atoms with van der Waals surface area (Å²) in [6.45, 7) is 5.89. The van der Waals surface area contributed by atoms with E-state index in [4.69, 9.17) is 9.47 Å². The van der Waals surface area contributed by atoms with Crippen LogP contribution < -0.4 is 0 Å². The van der Waals surface area contributed by atoms with Crippen LogP contribution in [0.5, 0.6) is 0 Å². The standard InChI is InChI=1S/C6H11IO2/c1-4-5(7)9-6(2,3)8-4/h4-5H,1-3H3. The zero-order chi connectivity index (χ0) is 7.07. The van der Waals surface area contributed by atoms with Crippen molar-refractivity contribution in [1.82, 2.24) is 0 Å². The second-order valence-corrected chi connectivity index (χ2v) is 3.92. The van der Waals surface area contributed by atoms with Crippen LogP contribution in [0.3, 0.4) is 0 Å². The molecule has 1 heterocycles. The van der Waals surface area contributed by atoms with Crippen LogP contribution in [-0.4, -0.2) is 16.0 Å². The zero-order valence-corrected chi connectivity index (χ0v) is 8.01. The molecule has 0 aliphatic carbocycles. The normalized spacial score (nSPS) is 41.3. The fraction of sp³-hybridized carbons (Fsp3) is 1.00. The lowest BCUT2D eigenvalue weighted by molar-refractivity contribution is -0.137. The van der Waals surface area contributed by atoms with Crippen LogP contribution in [0, 0.1) is 0 Å². The van der Waals surface area contributed by atoms with E-state index in [0.29, 0.717) is 0 Å². The fourth-order valence-electron chi connectivity index (χ4n) is 0.896. The maximum Gasteiger partial charge on any atom is 0.164 e. The van der Waals surface area contributed by atoms with E-state index in [9.17, 15) is 0 Å². The van der Waals surface area contributed by atoms with Crippen molar-refractivity contribution in [2.24, 2.45) is 0 Å². The molecule has 1 rings (SSSR count). The van der Waals surface area contributed by atoms with Crippen LogP contribution in [0.25, 0.3) is 0 Å². The monoisotopic (exact) mass is 242 g/mol. The molecule has 1 aliphatic rings. The molecule has 0 radical (unpaired) electrons. The van der Waals surface area contributed by atoms with Crippen LogP contribution in [0.2, 0.25) is 0 Å². The first kappa shape index (κ1) is 7.75. The molecule has 0 aromatic heterocycles. The van der Waals surface area contributed by atoms with Crippen LogP contribution >= 0.6 is 22.6 Å². The van der Waals surface area contributed by atoms with Gasteiger partial charge in [-0.15, -0.1) is 0 Å². The Bertz CT molecular complexity index is 102. The molecule has 3 heteroatoms. The van der Waals surface area contributed by atoms with Gasteiger partial charge in [0.15, 0.2) is 5.79 Å². The quantitative estimate of drug-likeness (QED) is 0.477. The van der Waals surface area contributed by atoms with E-state index in [-0.39, 0.29) is 16.0 Å². The van der Waals surface area contributed by atoms with Crippen molar-refractivity contribution in [3.63, 3.8) is 0 Å². The lowest BCUT2D eigenvalue weighted by Gasteiger charge is -2.15. The first-order valence-electron chi connectivity index (χ1n) is 3.01. The largest absolute Gasteiger partial charge is 0.344 e. The van der Waals surface area contributed by atoms with Gasteiger partial charge in [0, 0.05) is 0 Å². The number of hydrogen-bond donors (Lipinski definition) is 0. The second-order valence-electron chi connectivity index (χ2n) is 2.69. The van der Waals surface area contributed by atoms with E-state index in [0.717, 1.165) is 0 Å². The molecule has 0 aromatic carbocycles. The smallest absolute Gasteiger partial charge is 0.164 e. The Morgan fingerprint density at radius 3 is 2.00 bits per heavy atom. The molecule has 1 saturated heterocycles. The van der Waals surface area contributed by atoms with Gasteiger partial charge in [0.25, 0.3) is 0 Å². The highest BCUT2D eigenvalue weighted by molar-refractivity contribution is 14.1. The van der Waals surface area contributed by atoms with Gasteiger partial charge in [0.05, 0.1) is 6.10 Å². The lowest BCUT2D eigenvalue weighted by Crippen LogP contribution is -2.20. The van der Waals surface area contributed by atoms with Crippen molar-refractivity contribution in [3.05, 3.63) is 0 Å². The highest BCUT2D eigenvalue weighted by Gasteiger charge is 2.36. The Morgan fingerprint density at radius 2 is 1.89 bits per heavy atom. The summed E-state index contributed by atoms with van der Waals surface area (Å²) in [7, 11) is 0. The molecular weight excluding hydrogens is 231 g/mol. The zero-order valence-electron chi connectivity index (χ0n) is 5.85. The van der Waals surface area contributed by atoms with Crippen molar-refractivity contribution in [2.75, 3.05) is 0 Å². The summed E-state index contributed by atoms with van der Waals surface area (Å²) in [6, 6.07) is 0. The number of ether oxygens (including phenoxy) is 2. The van der Waals surface area contributed by atoms with Gasteiger partial charge in [-0.1, -0.05) is 0 Å². The van der Waals surface area contributed by atoms with E-state index in [1.54, 1.807) is 0 Å². The Kier molecular flexibility index (Phi) is 2.03. The summed E-state index contributed by atoms with van der Waals surface area (Å²) in [5.41, 5.74) is 0. The molecule has 2 unspecified atom stereocenters. The summed E-state index contributed by atoms with van der Waals surface area (Å²) in [4.78, 5) is 0. The Balaban J connectivity index is 2.54. The molecule has 0 bridgehead atoms. The van der Waals surface area contributed by atoms with Crippen molar-refractivity contribution in [1.29, 1.82) is 0 Å². The van der Waals surface area contributed by atoms with Gasteiger partial charge >= 0.3 is 0 Å². The first-order valence-corrected chi connectivity index (χ1v) is 4.25. The van der Waals surface area contributed by atoms with Gasteiger partial charge in [-0.2, -0.15) is 0 Å². The molecule has 1 aliphatic heterocycles. The van der Waals surface area contributed by atoms with Crippen molar-refractivity contribution in [2.45, 2.75) is 36.8 Å². The maximum absolute atomic E-state index is 5.43. The van der Waals surface area contributed by atoms with E-state index in [1.165, 1.54) is 0 Å². The molecule has 2 nitrogen and oxygen atoms in total. The number of halogens is 1. The Labute approximate surface area is 69.0 Å². The van der Waals surface area contributed by atoms with Crippen molar-refractivity contribution >= 4 is 22.6 Å². The molecule has 0 aromatic rings. The second kappa shape index (κ2) is 2.36. The molecule has 2 atom stereocenters. The average molecular weight is 242 g/mol. The Hall–Kier alpha value is 0.650. The summed E-state index contributed by atoms with van der Waals surface area (Å²) < 4.78 is 11.1. The molecule has 54 valence electrons. The van der Waals surface area contributed by atoms with Gasteiger partial charge in [0.1, 0.15) is 4.11 Å². The summed E-state index contributed by atoms with van der Waals surface area (Å²) in [5.74, 6) is -0.370. The highest BCUT2D eigenvalue weighted by atomic mass is 127. The van der Waals surface area contributed by atoms with Gasteiger partial charge in [0.2, 0.25) is 0 Å². The third kappa shape index (κ3) is 1.78. The van der Waals surface area contributed by atoms with E-state index < -0.39 is 0 Å². The van der Waals surface area contributed by atoms with Gasteiger partial charge in [-0.05, 0) is 43.4 Å². The molecule has 0 N–H and O–H groups in total. The fourth-order valence-corrected chi connectivity index (χ4v) is 1.66. The van der Waals surface area contributed by atoms with Crippen molar-refractivity contribution < 1.29 is 9.47 Å². The molecule has 1 fully saturated rings. The minimum atomic E-state index is -0.370. The number of rotatable bonds is 0. The predicted octanol–water partition coefficient (Wildman–Crippen LogP) is 1.92. The minimum Gasteiger partial charge on any atom is -0.344 e. The number of alkyl halides is 1. The number of hydrogen-bond acceptors (Lipinski definition) is 2. The van der Waals surface area contributed by atoms with Gasteiger partial charge in [-0.25, -0.2) is 0 Å². The van der Waals surface area contributed by atoms with E-state index in [1.807, 2.05) is 20.8 Å². The minimum absolute atomic E-state index is 0.206. The summed E-state index contributed by atoms with van der Waals surface area (Å²) in [6.07, 6.45) is 0.223. The average Bonchev–Trinajstić information content (AvgIpc) is 1.79. The third-order valence-corrected chi connectivity index (χ3v) is 2.50. The SMILES string of the molecule is CC1OC(C)(C)OC1I. The van der Waals surface area contributed by atoms with Crippen molar-refractivity contribution in [3.8, 4) is 0 Å². The molecule has 9 heavy (non-hydrogen) atoms. The van der Waals surface area contributed by atoms with Gasteiger partial charge < -0.3 is 9.47 Å². The lowest BCUT2D eigenvalue weighted by atomic mass is 10.4. The topological polar surface area (TPSA) is 18.5 Å². The highest BCUT2D eigenvalue weighted by Crippen LogP contribution is 2.30. The molecule has 0 amide bonds. The first-order chi connectivity index (χ1) is 4.01. The maximum atomic E-state index is 5.43. The van der Waals surface area contributed by atoms with Crippen LogP contribution in [0.15, 0.2) is 0 Å². The molecular formula is C6H11IO2. The third-order valence-electron chi connectivity index (χ3n) is 1.24. The molecule has 0 saturated carbocycles. The molecule has 0 spiro atoms.